The van der Waals surface area contributed by atoms with E-state index in [9.17, 15) is 28.1 Å². The number of halogens is 3. The average Bonchev–Trinajstić information content (AvgIpc) is 2.47. The highest BCUT2D eigenvalue weighted by molar-refractivity contribution is 6.04. The number of nitrogens with one attached hydrogen (secondary N) is 1. The maximum Gasteiger partial charge on any atom is 0.308 e. The van der Waals surface area contributed by atoms with Crippen LogP contribution in [0.4, 0.5) is 24.5 Å². The van der Waals surface area contributed by atoms with Crippen molar-refractivity contribution < 1.29 is 22.9 Å². The van der Waals surface area contributed by atoms with Gasteiger partial charge in [-0.1, -0.05) is 17.7 Å². The van der Waals surface area contributed by atoms with E-state index in [4.69, 9.17) is 0 Å². The summed E-state index contributed by atoms with van der Waals surface area (Å²) in [4.78, 5) is 21.3. The first-order chi connectivity index (χ1) is 10.3. The van der Waals surface area contributed by atoms with E-state index < -0.39 is 39.5 Å². The van der Waals surface area contributed by atoms with Gasteiger partial charge in [0.15, 0.2) is 5.82 Å². The number of aryl methyl sites for hydroxylation is 1. The lowest BCUT2D eigenvalue weighted by Gasteiger charge is -2.07. The fourth-order valence-corrected chi connectivity index (χ4v) is 1.72. The second kappa shape index (κ2) is 5.84. The minimum Gasteiger partial charge on any atom is -0.322 e. The van der Waals surface area contributed by atoms with Crippen molar-refractivity contribution in [2.24, 2.45) is 0 Å². The van der Waals surface area contributed by atoms with Crippen LogP contribution in [0.25, 0.3) is 0 Å². The summed E-state index contributed by atoms with van der Waals surface area (Å²) in [5, 5.41) is 12.8. The molecule has 0 saturated carbocycles. The van der Waals surface area contributed by atoms with Gasteiger partial charge >= 0.3 is 5.69 Å². The minimum atomic E-state index is -2.07. The quantitative estimate of drug-likeness (QED) is 0.535. The maximum absolute atomic E-state index is 13.6. The van der Waals surface area contributed by atoms with Crippen molar-refractivity contribution in [3.8, 4) is 0 Å². The van der Waals surface area contributed by atoms with Gasteiger partial charge in [-0.2, -0.15) is 4.39 Å². The third kappa shape index (κ3) is 2.90. The van der Waals surface area contributed by atoms with Gasteiger partial charge in [-0.15, -0.1) is 0 Å². The maximum atomic E-state index is 13.6. The number of anilines is 1. The Bertz CT molecular complexity index is 761. The van der Waals surface area contributed by atoms with Gasteiger partial charge in [0.1, 0.15) is 0 Å². The van der Waals surface area contributed by atoms with Crippen molar-refractivity contribution in [1.82, 2.24) is 0 Å². The number of nitrogens with zero attached hydrogens (tertiary/aromatic N) is 1. The Hall–Kier alpha value is -2.90. The fourth-order valence-electron chi connectivity index (χ4n) is 1.72. The van der Waals surface area contributed by atoms with Crippen LogP contribution in [-0.2, 0) is 0 Å². The molecule has 0 fully saturated rings. The SMILES string of the molecule is Cc1ccc(NC(=O)c2cc([N+](=O)[O-])c(F)c(F)c2F)cc1. The fraction of sp³-hybridized carbons (Fsp3) is 0.0714. The number of rotatable bonds is 3. The van der Waals surface area contributed by atoms with Crippen molar-refractivity contribution in [3.05, 3.63) is 69.0 Å². The topological polar surface area (TPSA) is 72.2 Å². The Balaban J connectivity index is 2.41. The molecule has 2 aromatic carbocycles. The molecule has 0 atom stereocenters. The standard InChI is InChI=1S/C14H9F3N2O3/c1-7-2-4-8(5-3-7)18-14(20)9-6-10(19(21)22)12(16)13(17)11(9)15/h2-6H,1H3,(H,18,20). The van der Waals surface area contributed by atoms with Crippen LogP contribution in [0, 0.1) is 34.5 Å². The summed E-state index contributed by atoms with van der Waals surface area (Å²) >= 11 is 0. The van der Waals surface area contributed by atoms with Crippen LogP contribution in [0.15, 0.2) is 30.3 Å². The molecular formula is C14H9F3N2O3. The second-order valence-corrected chi connectivity index (χ2v) is 4.46. The smallest absolute Gasteiger partial charge is 0.308 e. The normalized spacial score (nSPS) is 10.4. The summed E-state index contributed by atoms with van der Waals surface area (Å²) in [5.41, 5.74) is -1.07. The number of hydrogen-bond donors (Lipinski definition) is 1. The largest absolute Gasteiger partial charge is 0.322 e. The monoisotopic (exact) mass is 310 g/mol. The van der Waals surface area contributed by atoms with Gasteiger partial charge in [-0.05, 0) is 19.1 Å². The molecule has 0 bridgehead atoms. The van der Waals surface area contributed by atoms with Crippen LogP contribution in [-0.4, -0.2) is 10.8 Å². The number of amides is 1. The van der Waals surface area contributed by atoms with Crippen molar-refractivity contribution in [3.63, 3.8) is 0 Å². The van der Waals surface area contributed by atoms with Crippen molar-refractivity contribution in [2.45, 2.75) is 6.92 Å². The molecule has 0 aliphatic carbocycles. The first kappa shape index (κ1) is 15.5. The number of benzene rings is 2. The van der Waals surface area contributed by atoms with Gasteiger partial charge in [0.25, 0.3) is 5.91 Å². The lowest BCUT2D eigenvalue weighted by atomic mass is 10.1. The summed E-state index contributed by atoms with van der Waals surface area (Å²) in [5.74, 6) is -6.92. The van der Waals surface area contributed by atoms with Gasteiger partial charge in [-0.25, -0.2) is 8.78 Å². The predicted octanol–water partition coefficient (Wildman–Crippen LogP) is 3.57. The molecule has 2 rings (SSSR count). The zero-order chi connectivity index (χ0) is 16.4. The van der Waals surface area contributed by atoms with E-state index in [-0.39, 0.29) is 5.69 Å². The van der Waals surface area contributed by atoms with Crippen LogP contribution < -0.4 is 5.32 Å². The molecule has 1 amide bonds. The molecule has 0 spiro atoms. The van der Waals surface area contributed by atoms with E-state index in [1.165, 1.54) is 12.1 Å². The number of nitro benzene ring substituents is 1. The molecule has 0 unspecified atom stereocenters. The summed E-state index contributed by atoms with van der Waals surface area (Å²) < 4.78 is 40.2. The zero-order valence-electron chi connectivity index (χ0n) is 11.2. The third-order valence-corrected chi connectivity index (χ3v) is 2.88. The molecule has 114 valence electrons. The first-order valence-electron chi connectivity index (χ1n) is 6.01. The lowest BCUT2D eigenvalue weighted by molar-refractivity contribution is -0.387. The van der Waals surface area contributed by atoms with E-state index in [1.807, 2.05) is 6.92 Å². The van der Waals surface area contributed by atoms with Crippen LogP contribution in [0.5, 0.6) is 0 Å². The molecule has 1 N–H and O–H groups in total. The van der Waals surface area contributed by atoms with Gasteiger partial charge in [0.05, 0.1) is 10.5 Å². The summed E-state index contributed by atoms with van der Waals surface area (Å²) in [6.45, 7) is 1.81. The highest BCUT2D eigenvalue weighted by Gasteiger charge is 2.28. The lowest BCUT2D eigenvalue weighted by Crippen LogP contribution is -2.16. The van der Waals surface area contributed by atoms with E-state index >= 15 is 0 Å². The number of hydrogen-bond acceptors (Lipinski definition) is 3. The average molecular weight is 310 g/mol. The third-order valence-electron chi connectivity index (χ3n) is 2.88. The number of carbonyl (C=O) groups excluding carboxylic acids is 1. The second-order valence-electron chi connectivity index (χ2n) is 4.46. The molecule has 0 aliphatic heterocycles. The Morgan fingerprint density at radius 3 is 2.23 bits per heavy atom. The molecule has 0 aromatic heterocycles. The van der Waals surface area contributed by atoms with Crippen molar-refractivity contribution >= 4 is 17.3 Å². The molecular weight excluding hydrogens is 301 g/mol. The molecule has 0 saturated heterocycles. The molecule has 2 aromatic rings. The van der Waals surface area contributed by atoms with E-state index in [1.54, 1.807) is 12.1 Å². The van der Waals surface area contributed by atoms with E-state index in [2.05, 4.69) is 5.32 Å². The van der Waals surface area contributed by atoms with Crippen LogP contribution >= 0.6 is 0 Å². The summed E-state index contributed by atoms with van der Waals surface area (Å²) in [6, 6.07) is 6.72. The Kier molecular flexibility index (Phi) is 4.11. The highest BCUT2D eigenvalue weighted by atomic mass is 19.2. The first-order valence-corrected chi connectivity index (χ1v) is 6.01. The molecule has 0 radical (unpaired) electrons. The van der Waals surface area contributed by atoms with Crippen LogP contribution in [0.2, 0.25) is 0 Å². The summed E-state index contributed by atoms with van der Waals surface area (Å²) in [7, 11) is 0. The predicted molar refractivity (Wildman–Crippen MR) is 72.1 cm³/mol. The molecule has 0 heterocycles. The van der Waals surface area contributed by atoms with Gasteiger partial charge in [0, 0.05) is 11.8 Å². The van der Waals surface area contributed by atoms with Crippen LogP contribution in [0.3, 0.4) is 0 Å². The van der Waals surface area contributed by atoms with Crippen molar-refractivity contribution in [2.75, 3.05) is 5.32 Å². The van der Waals surface area contributed by atoms with Gasteiger partial charge in [0.2, 0.25) is 11.6 Å². The zero-order valence-corrected chi connectivity index (χ0v) is 11.2. The molecule has 0 aliphatic rings. The Morgan fingerprint density at radius 1 is 1.09 bits per heavy atom. The van der Waals surface area contributed by atoms with E-state index in [0.717, 1.165) is 5.56 Å². The molecule has 5 nitrogen and oxygen atoms in total. The van der Waals surface area contributed by atoms with E-state index in [0.29, 0.717) is 6.07 Å². The highest BCUT2D eigenvalue weighted by Crippen LogP contribution is 2.26. The van der Waals surface area contributed by atoms with Gasteiger partial charge < -0.3 is 5.32 Å². The minimum absolute atomic E-state index is 0.280. The van der Waals surface area contributed by atoms with Gasteiger partial charge in [-0.3, -0.25) is 14.9 Å². The summed E-state index contributed by atoms with van der Waals surface area (Å²) in [6.07, 6.45) is 0. The Morgan fingerprint density at radius 2 is 1.68 bits per heavy atom. The number of nitro groups is 1. The number of carbonyl (C=O) groups is 1. The van der Waals surface area contributed by atoms with Crippen LogP contribution in [0.1, 0.15) is 15.9 Å². The Labute approximate surface area is 122 Å². The van der Waals surface area contributed by atoms with Crippen molar-refractivity contribution in [1.29, 1.82) is 0 Å². The molecule has 8 heteroatoms. The molecule has 22 heavy (non-hydrogen) atoms.